The van der Waals surface area contributed by atoms with E-state index in [1.54, 1.807) is 6.07 Å². The maximum Gasteiger partial charge on any atom is 0.221 e. The minimum atomic E-state index is -0.480. The number of hydrogen-bond acceptors (Lipinski definition) is 2. The summed E-state index contributed by atoms with van der Waals surface area (Å²) in [6.45, 7) is 1.31. The number of benzene rings is 1. The molecule has 0 spiro atoms. The Labute approximate surface area is 81.6 Å². The Balaban J connectivity index is 2.84. The van der Waals surface area contributed by atoms with Crippen molar-refractivity contribution in [3.63, 3.8) is 0 Å². The van der Waals surface area contributed by atoms with E-state index < -0.39 is 5.82 Å². The summed E-state index contributed by atoms with van der Waals surface area (Å²) in [5.41, 5.74) is 0.873. The summed E-state index contributed by atoms with van der Waals surface area (Å²) < 4.78 is 13.2. The first-order valence-corrected chi connectivity index (χ1v) is 4.30. The molecule has 1 aromatic carbocycles. The van der Waals surface area contributed by atoms with E-state index in [-0.39, 0.29) is 18.2 Å². The van der Waals surface area contributed by atoms with E-state index in [0.717, 1.165) is 0 Å². The van der Waals surface area contributed by atoms with Gasteiger partial charge in [0.25, 0.3) is 0 Å². The number of anilines is 1. The average molecular weight is 197 g/mol. The lowest BCUT2D eigenvalue weighted by Gasteiger charge is -2.05. The first-order valence-electron chi connectivity index (χ1n) is 4.30. The van der Waals surface area contributed by atoms with E-state index in [9.17, 15) is 9.18 Å². The van der Waals surface area contributed by atoms with Gasteiger partial charge in [-0.05, 0) is 24.1 Å². The van der Waals surface area contributed by atoms with Gasteiger partial charge < -0.3 is 10.4 Å². The van der Waals surface area contributed by atoms with Crippen molar-refractivity contribution >= 4 is 11.6 Å². The summed E-state index contributed by atoms with van der Waals surface area (Å²) in [7, 11) is 0. The number of carbonyl (C=O) groups excluding carboxylic acids is 1. The van der Waals surface area contributed by atoms with Crippen molar-refractivity contribution in [3.8, 4) is 0 Å². The normalized spacial score (nSPS) is 9.93. The third-order valence-corrected chi connectivity index (χ3v) is 1.74. The second-order valence-electron chi connectivity index (χ2n) is 2.97. The van der Waals surface area contributed by atoms with E-state index in [2.05, 4.69) is 5.32 Å². The molecule has 0 aliphatic rings. The van der Waals surface area contributed by atoms with E-state index in [4.69, 9.17) is 5.11 Å². The van der Waals surface area contributed by atoms with Gasteiger partial charge in [0.05, 0.1) is 5.69 Å². The predicted molar refractivity (Wildman–Crippen MR) is 51.5 cm³/mol. The first-order chi connectivity index (χ1) is 6.63. The molecule has 0 saturated carbocycles. The number of rotatable bonds is 3. The molecule has 0 bridgehead atoms. The number of hydrogen-bond donors (Lipinski definition) is 2. The number of carbonyl (C=O) groups is 1. The van der Waals surface area contributed by atoms with Crippen LogP contribution in [0, 0.1) is 5.82 Å². The minimum Gasteiger partial charge on any atom is -0.396 e. The number of aliphatic hydroxyl groups is 1. The minimum absolute atomic E-state index is 0.0150. The molecule has 0 heterocycles. The standard InChI is InChI=1S/C10H12FNO2/c1-7(14)12-10-3-2-8(4-5-13)6-9(10)11/h2-3,6,13H,4-5H2,1H3,(H,12,14). The third-order valence-electron chi connectivity index (χ3n) is 1.74. The Morgan fingerprint density at radius 1 is 1.57 bits per heavy atom. The monoisotopic (exact) mass is 197 g/mol. The molecule has 0 aliphatic carbocycles. The Kier molecular flexibility index (Phi) is 3.59. The Morgan fingerprint density at radius 3 is 2.79 bits per heavy atom. The fourth-order valence-corrected chi connectivity index (χ4v) is 1.13. The van der Waals surface area contributed by atoms with Gasteiger partial charge in [-0.15, -0.1) is 0 Å². The van der Waals surface area contributed by atoms with Crippen molar-refractivity contribution in [1.82, 2.24) is 0 Å². The molecular weight excluding hydrogens is 185 g/mol. The highest BCUT2D eigenvalue weighted by Crippen LogP contribution is 2.15. The van der Waals surface area contributed by atoms with Crippen molar-refractivity contribution in [3.05, 3.63) is 29.6 Å². The van der Waals surface area contributed by atoms with Gasteiger partial charge >= 0.3 is 0 Å². The average Bonchev–Trinajstić information content (AvgIpc) is 2.10. The van der Waals surface area contributed by atoms with Gasteiger partial charge in [-0.1, -0.05) is 6.07 Å². The molecule has 1 aromatic rings. The Hall–Kier alpha value is -1.42. The highest BCUT2D eigenvalue weighted by atomic mass is 19.1. The van der Waals surface area contributed by atoms with Crippen molar-refractivity contribution in [2.75, 3.05) is 11.9 Å². The van der Waals surface area contributed by atoms with Crippen LogP contribution in [0.15, 0.2) is 18.2 Å². The van der Waals surface area contributed by atoms with Crippen molar-refractivity contribution in [2.24, 2.45) is 0 Å². The van der Waals surface area contributed by atoms with Crippen LogP contribution in [0.4, 0.5) is 10.1 Å². The Bertz CT molecular complexity index is 339. The summed E-state index contributed by atoms with van der Waals surface area (Å²) in [5.74, 6) is -0.787. The van der Waals surface area contributed by atoms with Gasteiger partial charge in [0.2, 0.25) is 5.91 Å². The van der Waals surface area contributed by atoms with Crippen LogP contribution in [0.5, 0.6) is 0 Å². The van der Waals surface area contributed by atoms with Gasteiger partial charge in [-0.2, -0.15) is 0 Å². The summed E-state index contributed by atoms with van der Waals surface area (Å²) in [6, 6.07) is 4.47. The highest BCUT2D eigenvalue weighted by Gasteiger charge is 2.04. The molecule has 0 radical (unpaired) electrons. The van der Waals surface area contributed by atoms with Gasteiger partial charge in [-0.3, -0.25) is 4.79 Å². The maximum atomic E-state index is 13.2. The van der Waals surface area contributed by atoms with Crippen molar-refractivity contribution in [2.45, 2.75) is 13.3 Å². The zero-order valence-corrected chi connectivity index (χ0v) is 7.88. The van der Waals surface area contributed by atoms with E-state index in [0.29, 0.717) is 12.0 Å². The van der Waals surface area contributed by atoms with E-state index in [1.165, 1.54) is 19.1 Å². The smallest absolute Gasteiger partial charge is 0.221 e. The van der Waals surface area contributed by atoms with Gasteiger partial charge in [0.1, 0.15) is 5.82 Å². The van der Waals surface area contributed by atoms with Crippen LogP contribution in [0.2, 0.25) is 0 Å². The molecule has 0 aromatic heterocycles. The molecule has 76 valence electrons. The molecule has 0 atom stereocenters. The van der Waals surface area contributed by atoms with E-state index >= 15 is 0 Å². The first kappa shape index (κ1) is 10.7. The second kappa shape index (κ2) is 4.72. The van der Waals surface area contributed by atoms with Crippen LogP contribution in [0.3, 0.4) is 0 Å². The highest BCUT2D eigenvalue weighted by molar-refractivity contribution is 5.88. The SMILES string of the molecule is CC(=O)Nc1ccc(CCO)cc1F. The van der Waals surface area contributed by atoms with Crippen LogP contribution >= 0.6 is 0 Å². The summed E-state index contributed by atoms with van der Waals surface area (Å²) in [4.78, 5) is 10.7. The largest absolute Gasteiger partial charge is 0.396 e. The quantitative estimate of drug-likeness (QED) is 0.767. The van der Waals surface area contributed by atoms with Crippen LogP contribution in [0.1, 0.15) is 12.5 Å². The van der Waals surface area contributed by atoms with Crippen molar-refractivity contribution < 1.29 is 14.3 Å². The van der Waals surface area contributed by atoms with E-state index in [1.807, 2.05) is 0 Å². The number of halogens is 1. The maximum absolute atomic E-state index is 13.2. The van der Waals surface area contributed by atoms with Gasteiger partial charge in [-0.25, -0.2) is 4.39 Å². The molecule has 2 N–H and O–H groups in total. The lowest BCUT2D eigenvalue weighted by molar-refractivity contribution is -0.114. The molecule has 0 aliphatic heterocycles. The van der Waals surface area contributed by atoms with Crippen LogP contribution < -0.4 is 5.32 Å². The lowest BCUT2D eigenvalue weighted by atomic mass is 10.1. The summed E-state index contributed by atoms with van der Waals surface area (Å²) in [6.07, 6.45) is 0.414. The summed E-state index contributed by atoms with van der Waals surface area (Å²) in [5, 5.41) is 11.0. The molecule has 0 saturated heterocycles. The molecule has 0 fully saturated rings. The number of amides is 1. The third kappa shape index (κ3) is 2.81. The van der Waals surface area contributed by atoms with Gasteiger partial charge in [0.15, 0.2) is 0 Å². The molecule has 3 nitrogen and oxygen atoms in total. The van der Waals surface area contributed by atoms with Crippen LogP contribution in [0.25, 0.3) is 0 Å². The fourth-order valence-electron chi connectivity index (χ4n) is 1.13. The zero-order valence-electron chi connectivity index (χ0n) is 7.88. The van der Waals surface area contributed by atoms with Crippen molar-refractivity contribution in [1.29, 1.82) is 0 Å². The number of aliphatic hydroxyl groups excluding tert-OH is 1. The summed E-state index contributed by atoms with van der Waals surface area (Å²) >= 11 is 0. The molecular formula is C10H12FNO2. The topological polar surface area (TPSA) is 49.3 Å². The molecule has 1 amide bonds. The molecule has 14 heavy (non-hydrogen) atoms. The predicted octanol–water partition coefficient (Wildman–Crippen LogP) is 1.32. The fraction of sp³-hybridized carbons (Fsp3) is 0.300. The van der Waals surface area contributed by atoms with Crippen LogP contribution in [-0.4, -0.2) is 17.6 Å². The number of nitrogens with one attached hydrogen (secondary N) is 1. The zero-order chi connectivity index (χ0) is 10.6. The van der Waals surface area contributed by atoms with Crippen LogP contribution in [-0.2, 0) is 11.2 Å². The molecule has 1 rings (SSSR count). The molecule has 0 unspecified atom stereocenters. The molecule has 4 heteroatoms. The second-order valence-corrected chi connectivity index (χ2v) is 2.97. The van der Waals surface area contributed by atoms with Gasteiger partial charge in [0, 0.05) is 13.5 Å². The lowest BCUT2D eigenvalue weighted by Crippen LogP contribution is -2.07. The Morgan fingerprint density at radius 2 is 2.29 bits per heavy atom.